The summed E-state index contributed by atoms with van der Waals surface area (Å²) in [6.45, 7) is 3.26. The fraction of sp³-hybridized carbons (Fsp3) is 0.333. The molecule has 0 unspecified atom stereocenters. The van der Waals surface area contributed by atoms with Crippen molar-refractivity contribution in [3.8, 4) is 0 Å². The Morgan fingerprint density at radius 2 is 2.11 bits per heavy atom. The molecule has 0 spiro atoms. The quantitative estimate of drug-likeness (QED) is 0.694. The molecular formula is C21H21FN4O2. The number of carbonyl (C=O) groups is 1. The van der Waals surface area contributed by atoms with Crippen LogP contribution in [0, 0.1) is 5.82 Å². The van der Waals surface area contributed by atoms with Gasteiger partial charge in [-0.1, -0.05) is 12.1 Å². The molecule has 6 nitrogen and oxygen atoms in total. The zero-order chi connectivity index (χ0) is 19.6. The summed E-state index contributed by atoms with van der Waals surface area (Å²) >= 11 is 0. The first-order valence-corrected chi connectivity index (χ1v) is 9.27. The minimum atomic E-state index is -0.371. The highest BCUT2D eigenvalue weighted by Gasteiger charge is 2.38. The number of halogens is 1. The van der Waals surface area contributed by atoms with E-state index in [9.17, 15) is 9.18 Å². The third-order valence-electron chi connectivity index (χ3n) is 5.13. The molecule has 2 aromatic heterocycles. The second kappa shape index (κ2) is 7.50. The largest absolute Gasteiger partial charge is 0.445 e. The van der Waals surface area contributed by atoms with Crippen molar-refractivity contribution in [1.29, 1.82) is 0 Å². The minimum Gasteiger partial charge on any atom is -0.445 e. The molecule has 144 valence electrons. The van der Waals surface area contributed by atoms with E-state index in [4.69, 9.17) is 4.42 Å². The summed E-state index contributed by atoms with van der Waals surface area (Å²) < 4.78 is 19.4. The van der Waals surface area contributed by atoms with Crippen LogP contribution in [0.2, 0.25) is 0 Å². The Morgan fingerprint density at radius 3 is 2.89 bits per heavy atom. The molecule has 0 radical (unpaired) electrons. The highest BCUT2D eigenvalue weighted by atomic mass is 19.1. The fourth-order valence-electron chi connectivity index (χ4n) is 3.70. The van der Waals surface area contributed by atoms with Crippen molar-refractivity contribution in [2.45, 2.75) is 31.6 Å². The smallest absolute Gasteiger partial charge is 0.257 e. The molecule has 1 aromatic carbocycles. The SMILES string of the molecule is C[C@]1(c2ncc(Cc3cccc(F)c3)o2)CCCN(C(=O)c2cncnc2)C1. The summed E-state index contributed by atoms with van der Waals surface area (Å²) in [5, 5.41) is 0. The van der Waals surface area contributed by atoms with Crippen LogP contribution in [-0.2, 0) is 11.8 Å². The maximum atomic E-state index is 13.4. The Labute approximate surface area is 162 Å². The number of likely N-dealkylation sites (tertiary alicyclic amines) is 1. The number of rotatable bonds is 4. The van der Waals surface area contributed by atoms with E-state index in [0.717, 1.165) is 18.4 Å². The summed E-state index contributed by atoms with van der Waals surface area (Å²) in [6.07, 6.45) is 8.37. The maximum Gasteiger partial charge on any atom is 0.257 e. The van der Waals surface area contributed by atoms with Crippen molar-refractivity contribution in [2.24, 2.45) is 0 Å². The normalized spacial score (nSPS) is 19.6. The molecule has 3 heterocycles. The number of amides is 1. The Morgan fingerprint density at radius 1 is 1.29 bits per heavy atom. The lowest BCUT2D eigenvalue weighted by molar-refractivity contribution is 0.0625. The highest BCUT2D eigenvalue weighted by Crippen LogP contribution is 2.34. The number of benzene rings is 1. The minimum absolute atomic E-state index is 0.0851. The van der Waals surface area contributed by atoms with Crippen molar-refractivity contribution in [2.75, 3.05) is 13.1 Å². The lowest BCUT2D eigenvalue weighted by Crippen LogP contribution is -2.47. The molecule has 1 atom stereocenters. The summed E-state index contributed by atoms with van der Waals surface area (Å²) in [5.74, 6) is 0.941. The molecule has 7 heteroatoms. The van der Waals surface area contributed by atoms with Gasteiger partial charge < -0.3 is 9.32 Å². The number of hydrogen-bond acceptors (Lipinski definition) is 5. The van der Waals surface area contributed by atoms with Crippen molar-refractivity contribution in [3.05, 3.63) is 77.8 Å². The topological polar surface area (TPSA) is 72.1 Å². The maximum absolute atomic E-state index is 13.4. The van der Waals surface area contributed by atoms with Crippen LogP contribution < -0.4 is 0 Å². The van der Waals surface area contributed by atoms with Gasteiger partial charge in [0, 0.05) is 31.9 Å². The van der Waals surface area contributed by atoms with Crippen LogP contribution in [0.3, 0.4) is 0 Å². The molecule has 1 saturated heterocycles. The first kappa shape index (κ1) is 18.3. The summed E-state index contributed by atoms with van der Waals surface area (Å²) in [5.41, 5.74) is 0.937. The van der Waals surface area contributed by atoms with Gasteiger partial charge in [0.15, 0.2) is 0 Å². The summed E-state index contributed by atoms with van der Waals surface area (Å²) in [7, 11) is 0. The van der Waals surface area contributed by atoms with Gasteiger partial charge in [-0.15, -0.1) is 0 Å². The predicted molar refractivity (Wildman–Crippen MR) is 100 cm³/mol. The molecule has 0 bridgehead atoms. The van der Waals surface area contributed by atoms with Crippen molar-refractivity contribution >= 4 is 5.91 Å². The molecule has 0 aliphatic carbocycles. The second-order valence-electron chi connectivity index (χ2n) is 7.46. The molecule has 4 rings (SSSR count). The number of hydrogen-bond donors (Lipinski definition) is 0. The van der Waals surface area contributed by atoms with E-state index in [0.29, 0.717) is 36.7 Å². The van der Waals surface area contributed by atoms with Gasteiger partial charge in [0.1, 0.15) is 17.9 Å². The number of piperidine rings is 1. The van der Waals surface area contributed by atoms with Crippen molar-refractivity contribution in [3.63, 3.8) is 0 Å². The molecule has 3 aromatic rings. The van der Waals surface area contributed by atoms with Gasteiger partial charge in [-0.25, -0.2) is 19.3 Å². The number of oxazole rings is 1. The second-order valence-corrected chi connectivity index (χ2v) is 7.46. The van der Waals surface area contributed by atoms with Gasteiger partial charge >= 0.3 is 0 Å². The third-order valence-corrected chi connectivity index (χ3v) is 5.13. The van der Waals surface area contributed by atoms with Gasteiger partial charge in [0.05, 0.1) is 17.2 Å². The highest BCUT2D eigenvalue weighted by molar-refractivity contribution is 5.93. The zero-order valence-corrected chi connectivity index (χ0v) is 15.6. The van der Waals surface area contributed by atoms with E-state index >= 15 is 0 Å². The number of carbonyl (C=O) groups excluding carboxylic acids is 1. The van der Waals surface area contributed by atoms with Gasteiger partial charge in [-0.05, 0) is 37.5 Å². The van der Waals surface area contributed by atoms with Crippen LogP contribution in [0.4, 0.5) is 4.39 Å². The fourth-order valence-corrected chi connectivity index (χ4v) is 3.70. The Kier molecular flexibility index (Phi) is 4.90. The molecular weight excluding hydrogens is 359 g/mol. The van der Waals surface area contributed by atoms with Crippen molar-refractivity contribution in [1.82, 2.24) is 19.9 Å². The average molecular weight is 380 g/mol. The number of nitrogens with zero attached hydrogens (tertiary/aromatic N) is 4. The van der Waals surface area contributed by atoms with E-state index in [1.165, 1.54) is 30.9 Å². The lowest BCUT2D eigenvalue weighted by Gasteiger charge is -2.38. The molecule has 1 aliphatic heterocycles. The molecule has 1 amide bonds. The molecule has 28 heavy (non-hydrogen) atoms. The van der Waals surface area contributed by atoms with Gasteiger partial charge in [0.25, 0.3) is 5.91 Å². The van der Waals surface area contributed by atoms with E-state index in [1.807, 2.05) is 6.07 Å². The van der Waals surface area contributed by atoms with Crippen LogP contribution in [0.5, 0.6) is 0 Å². The average Bonchev–Trinajstić information content (AvgIpc) is 3.18. The van der Waals surface area contributed by atoms with Crippen LogP contribution in [0.15, 0.2) is 53.6 Å². The molecule has 0 N–H and O–H groups in total. The van der Waals surface area contributed by atoms with Crippen LogP contribution in [0.1, 0.15) is 47.3 Å². The molecule has 1 fully saturated rings. The summed E-state index contributed by atoms with van der Waals surface area (Å²) in [4.78, 5) is 26.9. The van der Waals surface area contributed by atoms with Gasteiger partial charge in [-0.3, -0.25) is 4.79 Å². The Hall–Kier alpha value is -3.09. The van der Waals surface area contributed by atoms with E-state index in [-0.39, 0.29) is 17.1 Å². The first-order chi connectivity index (χ1) is 13.5. The van der Waals surface area contributed by atoms with E-state index in [2.05, 4.69) is 21.9 Å². The predicted octanol–water partition coefficient (Wildman–Crippen LogP) is 3.39. The molecule has 1 aliphatic rings. The van der Waals surface area contributed by atoms with Gasteiger partial charge in [0.2, 0.25) is 5.89 Å². The standard InChI is InChI=1S/C21H21FN4O2/c1-21(6-3-7-26(13-21)19(27)16-10-23-14-24-11-16)20-25-12-18(28-20)9-15-4-2-5-17(22)8-15/h2,4-5,8,10-12,14H,3,6-7,9,13H2,1H3/t21-/m0/s1. The third kappa shape index (κ3) is 3.78. The Balaban J connectivity index is 1.50. The van der Waals surface area contributed by atoms with E-state index in [1.54, 1.807) is 17.2 Å². The lowest BCUT2D eigenvalue weighted by atomic mass is 9.81. The van der Waals surface area contributed by atoms with Crippen LogP contribution in [-0.4, -0.2) is 38.8 Å². The van der Waals surface area contributed by atoms with Gasteiger partial charge in [-0.2, -0.15) is 0 Å². The van der Waals surface area contributed by atoms with Crippen LogP contribution >= 0.6 is 0 Å². The monoisotopic (exact) mass is 380 g/mol. The zero-order valence-electron chi connectivity index (χ0n) is 15.6. The van der Waals surface area contributed by atoms with Crippen LogP contribution in [0.25, 0.3) is 0 Å². The van der Waals surface area contributed by atoms with Crippen molar-refractivity contribution < 1.29 is 13.6 Å². The molecule has 0 saturated carbocycles. The number of aromatic nitrogens is 3. The van der Waals surface area contributed by atoms with E-state index < -0.39 is 0 Å². The Bertz CT molecular complexity index is 975. The first-order valence-electron chi connectivity index (χ1n) is 9.27. The summed E-state index contributed by atoms with van der Waals surface area (Å²) in [6, 6.07) is 6.45.